The Morgan fingerprint density at radius 3 is 2.75 bits per heavy atom. The number of benzene rings is 1. The van der Waals surface area contributed by atoms with Gasteiger partial charge in [0.15, 0.2) is 11.5 Å². The van der Waals surface area contributed by atoms with Crippen LogP contribution in [0.2, 0.25) is 5.02 Å². The molecule has 1 aromatic rings. The highest BCUT2D eigenvalue weighted by Crippen LogP contribution is 2.33. The molecule has 88 valence electrons. The number of hydrogen-bond acceptors (Lipinski definition) is 4. The highest BCUT2D eigenvalue weighted by Gasteiger charge is 2.17. The summed E-state index contributed by atoms with van der Waals surface area (Å²) >= 11 is 5.78. The van der Waals surface area contributed by atoms with Gasteiger partial charge >= 0.3 is 5.97 Å². The number of phenols is 1. The first-order valence-corrected chi connectivity index (χ1v) is 4.87. The zero-order valence-electron chi connectivity index (χ0n) is 8.61. The highest BCUT2D eigenvalue weighted by atomic mass is 35.5. The van der Waals surface area contributed by atoms with Gasteiger partial charge in [0.05, 0.1) is 7.11 Å². The summed E-state index contributed by atoms with van der Waals surface area (Å²) in [4.78, 5) is 10.6. The first-order valence-electron chi connectivity index (χ1n) is 4.49. The van der Waals surface area contributed by atoms with Crippen LogP contribution in [0.3, 0.4) is 0 Å². The van der Waals surface area contributed by atoms with Gasteiger partial charge < -0.3 is 20.7 Å². The lowest BCUT2D eigenvalue weighted by Crippen LogP contribution is -2.32. The second kappa shape index (κ2) is 5.05. The van der Waals surface area contributed by atoms with Crippen molar-refractivity contribution in [2.75, 3.05) is 7.11 Å². The van der Waals surface area contributed by atoms with Crippen molar-refractivity contribution in [2.24, 2.45) is 5.73 Å². The highest BCUT2D eigenvalue weighted by molar-refractivity contribution is 6.30. The van der Waals surface area contributed by atoms with Crippen molar-refractivity contribution in [3.8, 4) is 11.5 Å². The Morgan fingerprint density at radius 2 is 2.25 bits per heavy atom. The summed E-state index contributed by atoms with van der Waals surface area (Å²) < 4.78 is 4.89. The number of rotatable bonds is 4. The molecule has 0 aliphatic carbocycles. The fourth-order valence-corrected chi connectivity index (χ4v) is 1.49. The van der Waals surface area contributed by atoms with Crippen LogP contribution in [0.25, 0.3) is 0 Å². The van der Waals surface area contributed by atoms with Crippen molar-refractivity contribution >= 4 is 17.6 Å². The van der Waals surface area contributed by atoms with Gasteiger partial charge in [-0.2, -0.15) is 0 Å². The number of aromatic hydroxyl groups is 1. The molecule has 6 heteroatoms. The minimum absolute atomic E-state index is 0.0158. The molecular formula is C10H12ClNO4. The third-order valence-corrected chi connectivity index (χ3v) is 2.31. The van der Waals surface area contributed by atoms with Gasteiger partial charge in [-0.1, -0.05) is 11.6 Å². The van der Waals surface area contributed by atoms with Gasteiger partial charge in [-0.15, -0.1) is 0 Å². The summed E-state index contributed by atoms with van der Waals surface area (Å²) in [5.41, 5.74) is 5.71. The van der Waals surface area contributed by atoms with E-state index in [1.54, 1.807) is 0 Å². The van der Waals surface area contributed by atoms with Crippen LogP contribution in [0, 0.1) is 0 Å². The zero-order chi connectivity index (χ0) is 12.3. The van der Waals surface area contributed by atoms with Crippen molar-refractivity contribution in [3.63, 3.8) is 0 Å². The van der Waals surface area contributed by atoms with Gasteiger partial charge in [0.2, 0.25) is 0 Å². The van der Waals surface area contributed by atoms with Crippen molar-refractivity contribution in [2.45, 2.75) is 12.5 Å². The molecule has 0 aliphatic heterocycles. The number of hydrogen-bond donors (Lipinski definition) is 3. The molecule has 0 spiro atoms. The molecule has 0 heterocycles. The van der Waals surface area contributed by atoms with Crippen LogP contribution < -0.4 is 10.5 Å². The molecule has 1 aromatic carbocycles. The van der Waals surface area contributed by atoms with E-state index < -0.39 is 12.0 Å². The molecule has 1 rings (SSSR count). The Labute approximate surface area is 97.4 Å². The van der Waals surface area contributed by atoms with Crippen LogP contribution in [0.15, 0.2) is 12.1 Å². The summed E-state index contributed by atoms with van der Waals surface area (Å²) in [6.45, 7) is 0. The van der Waals surface area contributed by atoms with Crippen LogP contribution in [0.4, 0.5) is 0 Å². The molecule has 0 radical (unpaired) electrons. The lowest BCUT2D eigenvalue weighted by Gasteiger charge is -2.11. The third-order valence-electron chi connectivity index (χ3n) is 2.10. The van der Waals surface area contributed by atoms with Crippen molar-refractivity contribution in [3.05, 3.63) is 22.7 Å². The Hall–Kier alpha value is -1.46. The second-order valence-electron chi connectivity index (χ2n) is 3.26. The predicted molar refractivity (Wildman–Crippen MR) is 59.0 cm³/mol. The van der Waals surface area contributed by atoms with E-state index >= 15 is 0 Å². The smallest absolute Gasteiger partial charge is 0.320 e. The maximum absolute atomic E-state index is 10.6. The Bertz CT molecular complexity index is 408. The molecular weight excluding hydrogens is 234 g/mol. The van der Waals surface area contributed by atoms with Gasteiger partial charge in [-0.3, -0.25) is 4.79 Å². The number of phenolic OH excluding ortho intramolecular Hbond substituents is 1. The quantitative estimate of drug-likeness (QED) is 0.736. The number of ether oxygens (including phenoxy) is 1. The van der Waals surface area contributed by atoms with E-state index in [1.165, 1.54) is 19.2 Å². The van der Waals surface area contributed by atoms with E-state index in [2.05, 4.69) is 0 Å². The summed E-state index contributed by atoms with van der Waals surface area (Å²) in [5.74, 6) is -1.08. The number of methoxy groups -OCH3 is 1. The van der Waals surface area contributed by atoms with E-state index in [4.69, 9.17) is 27.2 Å². The van der Waals surface area contributed by atoms with Crippen molar-refractivity contribution in [1.82, 2.24) is 0 Å². The van der Waals surface area contributed by atoms with Gasteiger partial charge in [0.25, 0.3) is 0 Å². The predicted octanol–water partition coefficient (Wildman–Crippen LogP) is 1.01. The molecule has 0 saturated carbocycles. The third kappa shape index (κ3) is 2.77. The van der Waals surface area contributed by atoms with Crippen LogP contribution in [-0.4, -0.2) is 29.3 Å². The molecule has 0 bridgehead atoms. The Balaban J connectivity index is 3.04. The lowest BCUT2D eigenvalue weighted by atomic mass is 10.1. The largest absolute Gasteiger partial charge is 0.504 e. The zero-order valence-corrected chi connectivity index (χ0v) is 9.36. The topological polar surface area (TPSA) is 92.8 Å². The van der Waals surface area contributed by atoms with E-state index in [0.717, 1.165) is 0 Å². The number of carboxylic acid groups (broad SMARTS) is 1. The number of carboxylic acids is 1. The van der Waals surface area contributed by atoms with Gasteiger partial charge in [0, 0.05) is 23.1 Å². The second-order valence-corrected chi connectivity index (χ2v) is 3.70. The maximum Gasteiger partial charge on any atom is 0.320 e. The van der Waals surface area contributed by atoms with Gasteiger partial charge in [-0.25, -0.2) is 0 Å². The van der Waals surface area contributed by atoms with E-state index in [1.807, 2.05) is 0 Å². The average molecular weight is 246 g/mol. The van der Waals surface area contributed by atoms with Crippen molar-refractivity contribution in [1.29, 1.82) is 0 Å². The van der Waals surface area contributed by atoms with E-state index in [0.29, 0.717) is 10.6 Å². The summed E-state index contributed by atoms with van der Waals surface area (Å²) in [7, 11) is 1.38. The first-order chi connectivity index (χ1) is 7.45. The minimum Gasteiger partial charge on any atom is -0.504 e. The number of nitrogens with two attached hydrogens (primary N) is 1. The van der Waals surface area contributed by atoms with Gasteiger partial charge in [-0.05, 0) is 6.07 Å². The average Bonchev–Trinajstić information content (AvgIpc) is 2.22. The van der Waals surface area contributed by atoms with Gasteiger partial charge in [0.1, 0.15) is 6.04 Å². The fraction of sp³-hybridized carbons (Fsp3) is 0.300. The summed E-state index contributed by atoms with van der Waals surface area (Å²) in [6.07, 6.45) is -0.0158. The molecule has 5 nitrogen and oxygen atoms in total. The first kappa shape index (κ1) is 12.6. The lowest BCUT2D eigenvalue weighted by molar-refractivity contribution is -0.138. The number of aliphatic carboxylic acids is 1. The van der Waals surface area contributed by atoms with Crippen LogP contribution in [0.1, 0.15) is 5.56 Å². The van der Waals surface area contributed by atoms with Crippen LogP contribution >= 0.6 is 11.6 Å². The van der Waals surface area contributed by atoms with Crippen molar-refractivity contribution < 1.29 is 19.7 Å². The molecule has 16 heavy (non-hydrogen) atoms. The molecule has 0 aromatic heterocycles. The SMILES string of the molecule is COc1cc(Cl)cc(CC(N)C(=O)O)c1O. The summed E-state index contributed by atoms with van der Waals surface area (Å²) in [5, 5.41) is 18.7. The van der Waals surface area contributed by atoms with E-state index in [-0.39, 0.29) is 17.9 Å². The molecule has 1 atom stereocenters. The normalized spacial score (nSPS) is 12.2. The van der Waals surface area contributed by atoms with Crippen LogP contribution in [0.5, 0.6) is 11.5 Å². The molecule has 4 N–H and O–H groups in total. The number of halogens is 1. The molecule has 0 aliphatic rings. The Morgan fingerprint density at radius 1 is 1.62 bits per heavy atom. The maximum atomic E-state index is 10.6. The Kier molecular flexibility index (Phi) is 3.98. The monoisotopic (exact) mass is 245 g/mol. The number of carbonyl (C=O) groups is 1. The van der Waals surface area contributed by atoms with E-state index in [9.17, 15) is 9.90 Å². The summed E-state index contributed by atoms with van der Waals surface area (Å²) in [6, 6.07) is 1.81. The molecule has 0 saturated heterocycles. The molecule has 1 unspecified atom stereocenters. The van der Waals surface area contributed by atoms with Crippen LogP contribution in [-0.2, 0) is 11.2 Å². The fourth-order valence-electron chi connectivity index (χ4n) is 1.26. The minimum atomic E-state index is -1.14. The molecule has 0 amide bonds. The molecule has 0 fully saturated rings. The standard InChI is InChI=1S/C10H12ClNO4/c1-16-8-4-6(11)2-5(9(8)13)3-7(12)10(14)15/h2,4,7,13H,3,12H2,1H3,(H,14,15).